The minimum Gasteiger partial charge on any atom is -0.377 e. The fourth-order valence-corrected chi connectivity index (χ4v) is 1.32. The van der Waals surface area contributed by atoms with Crippen molar-refractivity contribution in [2.75, 3.05) is 5.32 Å². The van der Waals surface area contributed by atoms with Crippen LogP contribution in [0.3, 0.4) is 0 Å². The van der Waals surface area contributed by atoms with Crippen LogP contribution >= 0.6 is 24.4 Å². The highest BCUT2D eigenvalue weighted by Crippen LogP contribution is 2.17. The second kappa shape index (κ2) is 5.47. The third-order valence-corrected chi connectivity index (χ3v) is 1.95. The summed E-state index contributed by atoms with van der Waals surface area (Å²) in [6, 6.07) is 8.13. The molecule has 0 aromatic heterocycles. The topological polar surface area (TPSA) is 76.1 Å². The van der Waals surface area contributed by atoms with E-state index in [1.165, 1.54) is 5.56 Å². The molecule has 0 spiro atoms. The first-order valence-corrected chi connectivity index (χ1v) is 5.09. The number of anilines is 1. The monoisotopic (exact) mass is 240 g/mol. The summed E-state index contributed by atoms with van der Waals surface area (Å²) in [6.07, 6.45) is 0. The van der Waals surface area contributed by atoms with Gasteiger partial charge in [0.2, 0.25) is 0 Å². The molecule has 0 atom stereocenters. The lowest BCUT2D eigenvalue weighted by Crippen LogP contribution is -2.32. The lowest BCUT2D eigenvalue weighted by molar-refractivity contribution is 0.909. The number of rotatable bonds is 0. The van der Waals surface area contributed by atoms with Gasteiger partial charge < -0.3 is 22.1 Å². The van der Waals surface area contributed by atoms with Gasteiger partial charge in [-0.3, -0.25) is 0 Å². The summed E-state index contributed by atoms with van der Waals surface area (Å²) in [5.74, 6) is 0. The third kappa shape index (κ3) is 4.09. The van der Waals surface area contributed by atoms with Crippen molar-refractivity contribution >= 4 is 40.3 Å². The number of benzene rings is 1. The molecule has 2 rings (SSSR count). The normalized spacial score (nSPS) is 12.4. The maximum absolute atomic E-state index is 4.96. The number of nitrogens with one attached hydrogen (secondary N) is 2. The molecule has 15 heavy (non-hydrogen) atoms. The van der Waals surface area contributed by atoms with Gasteiger partial charge in [-0.1, -0.05) is 18.2 Å². The molecule has 0 fully saturated rings. The zero-order chi connectivity index (χ0) is 11.3. The molecule has 1 aliphatic heterocycles. The minimum atomic E-state index is 0.000000000000000222. The lowest BCUT2D eigenvalue weighted by atomic mass is 10.1. The molecule has 1 aromatic rings. The number of hydrogen-bond acceptors (Lipinski definition) is 2. The van der Waals surface area contributed by atoms with E-state index in [4.69, 9.17) is 12.2 Å². The zero-order valence-electron chi connectivity index (χ0n) is 7.99. The molecule has 0 saturated carbocycles. The molecule has 6 heteroatoms. The van der Waals surface area contributed by atoms with Crippen LogP contribution in [-0.4, -0.2) is 10.2 Å². The molecule has 0 aliphatic carbocycles. The highest BCUT2D eigenvalue weighted by molar-refractivity contribution is 7.80. The summed E-state index contributed by atoms with van der Waals surface area (Å²) in [4.78, 5) is 0. The molecule has 1 aromatic carbocycles. The standard InChI is InChI=1S/C8H8N2S.CH4N2S/c11-8-9-5-6-3-1-2-4-7(6)10-8;2-1(3)4/h1-4H,5H2,(H2,9,10,11);(H4,2,3,4). The van der Waals surface area contributed by atoms with Crippen LogP contribution in [-0.2, 0) is 6.54 Å². The summed E-state index contributed by atoms with van der Waals surface area (Å²) in [6.45, 7) is 0.835. The van der Waals surface area contributed by atoms with Crippen LogP contribution < -0.4 is 22.1 Å². The minimum absolute atomic E-state index is 0.000000000000000222. The predicted octanol–water partition coefficient (Wildman–Crippen LogP) is 0.675. The SMILES string of the molecule is NC(N)=S.S=C1NCc2ccccc2N1. The average molecular weight is 240 g/mol. The van der Waals surface area contributed by atoms with Gasteiger partial charge in [0.15, 0.2) is 10.2 Å². The first kappa shape index (κ1) is 11.7. The van der Waals surface area contributed by atoms with Crippen LogP contribution in [0.15, 0.2) is 24.3 Å². The zero-order valence-corrected chi connectivity index (χ0v) is 9.62. The van der Waals surface area contributed by atoms with Crippen LogP contribution in [0.2, 0.25) is 0 Å². The third-order valence-electron chi connectivity index (χ3n) is 1.70. The molecule has 6 N–H and O–H groups in total. The van der Waals surface area contributed by atoms with Gasteiger partial charge in [0, 0.05) is 12.2 Å². The number of hydrogen-bond donors (Lipinski definition) is 4. The van der Waals surface area contributed by atoms with Crippen molar-refractivity contribution < 1.29 is 0 Å². The molecular formula is C9H12N4S2. The summed E-state index contributed by atoms with van der Waals surface area (Å²) in [7, 11) is 0. The smallest absolute Gasteiger partial charge is 0.171 e. The van der Waals surface area contributed by atoms with Gasteiger partial charge in [0.05, 0.1) is 0 Å². The molecule has 0 radical (unpaired) electrons. The predicted molar refractivity (Wildman–Crippen MR) is 70.5 cm³/mol. The second-order valence-electron chi connectivity index (χ2n) is 2.87. The van der Waals surface area contributed by atoms with E-state index in [0.29, 0.717) is 5.11 Å². The average Bonchev–Trinajstić information content (AvgIpc) is 2.16. The van der Waals surface area contributed by atoms with Crippen molar-refractivity contribution in [1.29, 1.82) is 0 Å². The van der Waals surface area contributed by atoms with Crippen molar-refractivity contribution in [3.8, 4) is 0 Å². The van der Waals surface area contributed by atoms with E-state index in [-0.39, 0.29) is 5.11 Å². The van der Waals surface area contributed by atoms with E-state index in [0.717, 1.165) is 12.2 Å². The first-order chi connectivity index (χ1) is 7.09. The largest absolute Gasteiger partial charge is 0.377 e. The van der Waals surface area contributed by atoms with Crippen LogP contribution in [0.4, 0.5) is 5.69 Å². The number of nitrogens with two attached hydrogens (primary N) is 2. The number of para-hydroxylation sites is 1. The Kier molecular flexibility index (Phi) is 4.26. The van der Waals surface area contributed by atoms with E-state index in [9.17, 15) is 0 Å². The Balaban J connectivity index is 0.000000245. The van der Waals surface area contributed by atoms with E-state index in [1.54, 1.807) is 0 Å². The maximum Gasteiger partial charge on any atom is 0.171 e. The second-order valence-corrected chi connectivity index (χ2v) is 3.75. The Labute approximate surface area is 99.0 Å². The van der Waals surface area contributed by atoms with E-state index >= 15 is 0 Å². The molecule has 4 nitrogen and oxygen atoms in total. The highest BCUT2D eigenvalue weighted by atomic mass is 32.1. The Hall–Kier alpha value is -1.40. The Bertz CT molecular complexity index is 374. The van der Waals surface area contributed by atoms with Crippen molar-refractivity contribution in [2.45, 2.75) is 6.54 Å². The van der Waals surface area contributed by atoms with Gasteiger partial charge in [-0.05, 0) is 36.1 Å². The van der Waals surface area contributed by atoms with Crippen LogP contribution in [0.1, 0.15) is 5.56 Å². The van der Waals surface area contributed by atoms with Gasteiger partial charge in [0.25, 0.3) is 0 Å². The molecule has 1 aliphatic rings. The summed E-state index contributed by atoms with van der Waals surface area (Å²) in [5, 5.41) is 6.85. The Morgan fingerprint density at radius 1 is 1.27 bits per heavy atom. The van der Waals surface area contributed by atoms with Gasteiger partial charge in [-0.25, -0.2) is 0 Å². The molecule has 0 unspecified atom stereocenters. The van der Waals surface area contributed by atoms with Gasteiger partial charge >= 0.3 is 0 Å². The van der Waals surface area contributed by atoms with E-state index in [2.05, 4.69) is 40.4 Å². The summed E-state index contributed by atoms with van der Waals surface area (Å²) >= 11 is 9.05. The molecule has 0 saturated heterocycles. The molecule has 1 heterocycles. The van der Waals surface area contributed by atoms with Crippen molar-refractivity contribution in [3.63, 3.8) is 0 Å². The molecular weight excluding hydrogens is 228 g/mol. The first-order valence-electron chi connectivity index (χ1n) is 4.27. The quantitative estimate of drug-likeness (QED) is 0.500. The van der Waals surface area contributed by atoms with Gasteiger partial charge in [-0.2, -0.15) is 0 Å². The molecule has 80 valence electrons. The maximum atomic E-state index is 4.96. The van der Waals surface area contributed by atoms with Crippen LogP contribution in [0, 0.1) is 0 Å². The fraction of sp³-hybridized carbons (Fsp3) is 0.111. The summed E-state index contributed by atoms with van der Waals surface area (Å²) < 4.78 is 0. The molecule has 0 bridgehead atoms. The Morgan fingerprint density at radius 2 is 1.87 bits per heavy atom. The van der Waals surface area contributed by atoms with Crippen LogP contribution in [0.5, 0.6) is 0 Å². The van der Waals surface area contributed by atoms with Crippen LogP contribution in [0.25, 0.3) is 0 Å². The van der Waals surface area contributed by atoms with Crippen molar-refractivity contribution in [2.24, 2.45) is 11.5 Å². The number of fused-ring (bicyclic) bond motifs is 1. The Morgan fingerprint density at radius 3 is 2.53 bits per heavy atom. The lowest BCUT2D eigenvalue weighted by Gasteiger charge is -2.19. The van der Waals surface area contributed by atoms with E-state index in [1.807, 2.05) is 18.2 Å². The number of thiocarbonyl (C=S) groups is 2. The highest BCUT2D eigenvalue weighted by Gasteiger charge is 2.08. The molecule has 0 amide bonds. The van der Waals surface area contributed by atoms with E-state index < -0.39 is 0 Å². The van der Waals surface area contributed by atoms with Gasteiger partial charge in [0.1, 0.15) is 0 Å². The van der Waals surface area contributed by atoms with Crippen molar-refractivity contribution in [1.82, 2.24) is 5.32 Å². The fourth-order valence-electron chi connectivity index (χ4n) is 1.14. The van der Waals surface area contributed by atoms with Gasteiger partial charge in [-0.15, -0.1) is 0 Å². The summed E-state index contributed by atoms with van der Waals surface area (Å²) in [5.41, 5.74) is 11.6. The van der Waals surface area contributed by atoms with Crippen molar-refractivity contribution in [3.05, 3.63) is 29.8 Å².